The van der Waals surface area contributed by atoms with Crippen LogP contribution < -0.4 is 5.73 Å². The maximum Gasteiger partial charge on any atom is 0.264 e. The van der Waals surface area contributed by atoms with Crippen LogP contribution >= 0.6 is 15.9 Å². The summed E-state index contributed by atoms with van der Waals surface area (Å²) in [6.07, 6.45) is -0.547. The van der Waals surface area contributed by atoms with Crippen molar-refractivity contribution in [3.8, 4) is 5.75 Å². The molecule has 0 heterocycles. The molecule has 1 rings (SSSR count). The molecule has 78 valence electrons. The third-order valence-corrected chi connectivity index (χ3v) is 2.28. The fraction of sp³-hybridized carbons (Fsp3) is 0.333. The maximum absolute atomic E-state index is 12.9. The van der Waals surface area contributed by atoms with Crippen LogP contribution in [0.15, 0.2) is 22.7 Å². The van der Waals surface area contributed by atoms with Crippen LogP contribution in [-0.4, -0.2) is 17.6 Å². The molecule has 14 heavy (non-hydrogen) atoms. The van der Waals surface area contributed by atoms with Gasteiger partial charge in [-0.3, -0.25) is 0 Å². The second-order valence-corrected chi connectivity index (χ2v) is 3.93. The highest BCUT2D eigenvalue weighted by atomic mass is 79.9. The molecule has 0 fully saturated rings. The predicted octanol–water partition coefficient (Wildman–Crippen LogP) is 2.29. The average Bonchev–Trinajstić information content (AvgIpc) is 2.11. The lowest BCUT2D eigenvalue weighted by Crippen LogP contribution is -2.30. The number of halogens is 3. The van der Waals surface area contributed by atoms with Gasteiger partial charge in [0.1, 0.15) is 5.75 Å². The van der Waals surface area contributed by atoms with E-state index in [0.717, 1.165) is 0 Å². The Hall–Kier alpha value is -0.680. The van der Waals surface area contributed by atoms with Gasteiger partial charge in [0, 0.05) is 16.5 Å². The van der Waals surface area contributed by atoms with Crippen molar-refractivity contribution in [1.29, 1.82) is 0 Å². The Labute approximate surface area is 88.9 Å². The van der Waals surface area contributed by atoms with Gasteiger partial charge in [-0.25, -0.2) is 8.78 Å². The lowest BCUT2D eigenvalue weighted by molar-refractivity contribution is 0.0109. The second kappa shape index (κ2) is 4.23. The summed E-state index contributed by atoms with van der Waals surface area (Å²) in [5.74, 6) is -3.11. The summed E-state index contributed by atoms with van der Waals surface area (Å²) in [6.45, 7) is -0.723. The molecule has 2 nitrogen and oxygen atoms in total. The van der Waals surface area contributed by atoms with Crippen LogP contribution in [-0.2, 0) is 6.42 Å². The quantitative estimate of drug-likeness (QED) is 0.881. The predicted molar refractivity (Wildman–Crippen MR) is 53.5 cm³/mol. The molecule has 1 aromatic rings. The molecule has 0 saturated heterocycles. The SMILES string of the molecule is NCC(F)(F)Cc1cc(Br)ccc1O. The fourth-order valence-corrected chi connectivity index (χ4v) is 1.45. The topological polar surface area (TPSA) is 46.2 Å². The van der Waals surface area contributed by atoms with Crippen LogP contribution in [0.4, 0.5) is 8.78 Å². The summed E-state index contributed by atoms with van der Waals surface area (Å²) in [6, 6.07) is 4.41. The summed E-state index contributed by atoms with van der Waals surface area (Å²) >= 11 is 3.14. The fourth-order valence-electron chi connectivity index (χ4n) is 1.05. The molecule has 3 N–H and O–H groups in total. The van der Waals surface area contributed by atoms with E-state index in [-0.39, 0.29) is 11.3 Å². The number of alkyl halides is 2. The molecule has 0 bridgehead atoms. The first-order valence-electron chi connectivity index (χ1n) is 4.00. The van der Waals surface area contributed by atoms with Crippen LogP contribution in [0.2, 0.25) is 0 Å². The largest absolute Gasteiger partial charge is 0.508 e. The Morgan fingerprint density at radius 1 is 1.43 bits per heavy atom. The number of hydrogen-bond donors (Lipinski definition) is 2. The van der Waals surface area contributed by atoms with Gasteiger partial charge in [0.25, 0.3) is 5.92 Å². The van der Waals surface area contributed by atoms with Crippen LogP contribution in [0.25, 0.3) is 0 Å². The van der Waals surface area contributed by atoms with E-state index in [1.165, 1.54) is 12.1 Å². The van der Waals surface area contributed by atoms with E-state index in [2.05, 4.69) is 15.9 Å². The van der Waals surface area contributed by atoms with Crippen molar-refractivity contribution < 1.29 is 13.9 Å². The van der Waals surface area contributed by atoms with Crippen LogP contribution in [0.5, 0.6) is 5.75 Å². The highest BCUT2D eigenvalue weighted by Gasteiger charge is 2.28. The molecular weight excluding hydrogens is 256 g/mol. The van der Waals surface area contributed by atoms with Crippen molar-refractivity contribution in [2.45, 2.75) is 12.3 Å². The Morgan fingerprint density at radius 3 is 2.64 bits per heavy atom. The smallest absolute Gasteiger partial charge is 0.264 e. The zero-order chi connectivity index (χ0) is 10.8. The summed E-state index contributed by atoms with van der Waals surface area (Å²) in [4.78, 5) is 0. The highest BCUT2D eigenvalue weighted by molar-refractivity contribution is 9.10. The van der Waals surface area contributed by atoms with Crippen molar-refractivity contribution in [2.75, 3.05) is 6.54 Å². The molecule has 0 aliphatic rings. The molecule has 0 saturated carbocycles. The molecular formula is C9H10BrF2NO. The molecule has 0 atom stereocenters. The van der Waals surface area contributed by atoms with Gasteiger partial charge in [0.15, 0.2) is 0 Å². The van der Waals surface area contributed by atoms with Crippen molar-refractivity contribution >= 4 is 15.9 Å². The van der Waals surface area contributed by atoms with E-state index in [0.29, 0.717) is 4.47 Å². The first kappa shape index (κ1) is 11.4. The number of benzene rings is 1. The van der Waals surface area contributed by atoms with E-state index in [4.69, 9.17) is 5.73 Å². The molecule has 0 spiro atoms. The minimum atomic E-state index is -2.97. The number of aromatic hydroxyl groups is 1. The van der Waals surface area contributed by atoms with E-state index in [1.807, 2.05) is 0 Å². The van der Waals surface area contributed by atoms with Gasteiger partial charge in [-0.2, -0.15) is 0 Å². The van der Waals surface area contributed by atoms with Gasteiger partial charge in [-0.1, -0.05) is 15.9 Å². The molecule has 0 aromatic heterocycles. The van der Waals surface area contributed by atoms with Gasteiger partial charge < -0.3 is 10.8 Å². The summed E-state index contributed by atoms with van der Waals surface area (Å²) in [7, 11) is 0. The van der Waals surface area contributed by atoms with Gasteiger partial charge in [-0.15, -0.1) is 0 Å². The highest BCUT2D eigenvalue weighted by Crippen LogP contribution is 2.27. The maximum atomic E-state index is 12.9. The van der Waals surface area contributed by atoms with Crippen LogP contribution in [0.3, 0.4) is 0 Å². The van der Waals surface area contributed by atoms with E-state index in [9.17, 15) is 13.9 Å². The lowest BCUT2D eigenvalue weighted by Gasteiger charge is -2.14. The van der Waals surface area contributed by atoms with Crippen molar-refractivity contribution in [3.63, 3.8) is 0 Å². The Bertz CT molecular complexity index is 331. The zero-order valence-corrected chi connectivity index (χ0v) is 8.89. The first-order chi connectivity index (χ1) is 6.44. The standard InChI is InChI=1S/C9H10BrF2NO/c10-7-1-2-8(14)6(3-7)4-9(11,12)5-13/h1-3,14H,4-5,13H2. The number of rotatable bonds is 3. The van der Waals surface area contributed by atoms with Gasteiger partial charge in [0.2, 0.25) is 0 Å². The summed E-state index contributed by atoms with van der Waals surface area (Å²) < 4.78 is 26.4. The van der Waals surface area contributed by atoms with E-state index < -0.39 is 18.9 Å². The third kappa shape index (κ3) is 2.92. The minimum absolute atomic E-state index is 0.138. The molecule has 5 heteroatoms. The molecule has 0 aliphatic heterocycles. The Morgan fingerprint density at radius 2 is 2.07 bits per heavy atom. The Kier molecular flexibility index (Phi) is 3.44. The normalized spacial score (nSPS) is 11.7. The van der Waals surface area contributed by atoms with Crippen LogP contribution in [0, 0.1) is 0 Å². The van der Waals surface area contributed by atoms with Crippen LogP contribution in [0.1, 0.15) is 5.56 Å². The monoisotopic (exact) mass is 265 g/mol. The third-order valence-electron chi connectivity index (χ3n) is 1.79. The molecule has 0 amide bonds. The summed E-state index contributed by atoms with van der Waals surface area (Å²) in [5, 5.41) is 9.30. The van der Waals surface area contributed by atoms with Crippen molar-refractivity contribution in [2.24, 2.45) is 5.73 Å². The van der Waals surface area contributed by atoms with Crippen molar-refractivity contribution in [1.82, 2.24) is 0 Å². The van der Waals surface area contributed by atoms with Gasteiger partial charge in [-0.05, 0) is 18.2 Å². The second-order valence-electron chi connectivity index (χ2n) is 3.01. The number of nitrogens with two attached hydrogens (primary N) is 1. The van der Waals surface area contributed by atoms with Gasteiger partial charge in [0.05, 0.1) is 6.54 Å². The molecule has 1 aromatic carbocycles. The molecule has 0 radical (unpaired) electrons. The van der Waals surface area contributed by atoms with E-state index in [1.54, 1.807) is 6.07 Å². The molecule has 0 aliphatic carbocycles. The molecule has 0 unspecified atom stereocenters. The average molecular weight is 266 g/mol. The first-order valence-corrected chi connectivity index (χ1v) is 4.79. The van der Waals surface area contributed by atoms with Crippen molar-refractivity contribution in [3.05, 3.63) is 28.2 Å². The van der Waals surface area contributed by atoms with E-state index >= 15 is 0 Å². The number of hydrogen-bond acceptors (Lipinski definition) is 2. The lowest BCUT2D eigenvalue weighted by atomic mass is 10.1. The zero-order valence-electron chi connectivity index (χ0n) is 7.30. The number of phenols is 1. The minimum Gasteiger partial charge on any atom is -0.508 e. The summed E-state index contributed by atoms with van der Waals surface area (Å²) in [5.41, 5.74) is 5.09. The number of phenolic OH excluding ortho intramolecular Hbond substituents is 1. The Balaban J connectivity index is 2.91. The van der Waals surface area contributed by atoms with Gasteiger partial charge >= 0.3 is 0 Å².